The fourth-order valence-electron chi connectivity index (χ4n) is 1.33. The predicted octanol–water partition coefficient (Wildman–Crippen LogP) is 1.79. The quantitative estimate of drug-likeness (QED) is 0.277. The van der Waals surface area contributed by atoms with Crippen molar-refractivity contribution in [2.75, 3.05) is 27.7 Å². The van der Waals surface area contributed by atoms with Crippen molar-refractivity contribution >= 4 is 28.9 Å². The molecule has 0 amide bonds. The van der Waals surface area contributed by atoms with Gasteiger partial charge in [0.25, 0.3) is 5.69 Å². The molecule has 0 aromatic heterocycles. The summed E-state index contributed by atoms with van der Waals surface area (Å²) >= 11 is 4.97. The molecule has 0 saturated carbocycles. The van der Waals surface area contributed by atoms with Gasteiger partial charge in [0.15, 0.2) is 0 Å². The Kier molecular flexibility index (Phi) is 4.68. The number of quaternary nitrogens is 1. The monoisotopic (exact) mass is 283 g/mol. The maximum atomic E-state index is 11.8. The van der Waals surface area contributed by atoms with Crippen molar-refractivity contribution in [3.8, 4) is 0 Å². The molecule has 0 heterocycles. The first-order valence-electron chi connectivity index (χ1n) is 5.49. The molecule has 0 unspecified atom stereocenters. The van der Waals surface area contributed by atoms with Crippen LogP contribution in [0.15, 0.2) is 24.3 Å². The van der Waals surface area contributed by atoms with E-state index in [0.717, 1.165) is 6.07 Å². The third-order valence-electron chi connectivity index (χ3n) is 2.10. The van der Waals surface area contributed by atoms with E-state index in [4.69, 9.17) is 17.0 Å². The van der Waals surface area contributed by atoms with Crippen LogP contribution in [0.25, 0.3) is 0 Å². The van der Waals surface area contributed by atoms with E-state index in [9.17, 15) is 14.9 Å². The first kappa shape index (κ1) is 15.2. The molecular formula is C12H15N2O4S+. The van der Waals surface area contributed by atoms with Crippen LogP contribution >= 0.6 is 12.2 Å². The van der Waals surface area contributed by atoms with Crippen molar-refractivity contribution < 1.29 is 18.9 Å². The molecule has 1 aromatic rings. The van der Waals surface area contributed by atoms with E-state index >= 15 is 0 Å². The van der Waals surface area contributed by atoms with Gasteiger partial charge in [-0.05, 0) is 18.3 Å². The van der Waals surface area contributed by atoms with E-state index < -0.39 is 10.9 Å². The standard InChI is InChI=1S/C12H15N2O4S/c1-14(2,3)8-11(19)18-12(15)9-5-4-6-10(7-9)13(16)17/h4-7H,8H2,1-3H3/q+1. The zero-order valence-electron chi connectivity index (χ0n) is 11.0. The zero-order chi connectivity index (χ0) is 14.6. The molecule has 0 saturated heterocycles. The Morgan fingerprint density at radius 3 is 2.58 bits per heavy atom. The topological polar surface area (TPSA) is 69.4 Å². The first-order chi connectivity index (χ1) is 8.69. The summed E-state index contributed by atoms with van der Waals surface area (Å²) in [7, 11) is 5.73. The molecule has 6 nitrogen and oxygen atoms in total. The first-order valence-corrected chi connectivity index (χ1v) is 5.90. The summed E-state index contributed by atoms with van der Waals surface area (Å²) in [4.78, 5) is 21.8. The fraction of sp³-hybridized carbons (Fsp3) is 0.333. The highest BCUT2D eigenvalue weighted by Gasteiger charge is 2.18. The Labute approximate surface area is 116 Å². The Morgan fingerprint density at radius 2 is 2.05 bits per heavy atom. The number of benzene rings is 1. The van der Waals surface area contributed by atoms with Gasteiger partial charge in [-0.25, -0.2) is 4.79 Å². The van der Waals surface area contributed by atoms with Gasteiger partial charge in [0, 0.05) is 12.1 Å². The lowest BCUT2D eigenvalue weighted by atomic mass is 10.2. The minimum Gasteiger partial charge on any atom is -0.409 e. The highest BCUT2D eigenvalue weighted by Crippen LogP contribution is 2.14. The SMILES string of the molecule is C[N+](C)(C)CC(=S)OC(=O)c1cccc([N+](=O)[O-])c1. The summed E-state index contributed by atoms with van der Waals surface area (Å²) in [5.41, 5.74) is -0.0510. The third-order valence-corrected chi connectivity index (χ3v) is 2.32. The number of nitro groups is 1. The summed E-state index contributed by atoms with van der Waals surface area (Å²) in [6, 6.07) is 5.35. The molecule has 0 atom stereocenters. The normalized spacial score (nSPS) is 10.9. The number of rotatable bonds is 4. The van der Waals surface area contributed by atoms with Crippen LogP contribution in [0.4, 0.5) is 5.69 Å². The fourth-order valence-corrected chi connectivity index (χ4v) is 1.79. The van der Waals surface area contributed by atoms with Gasteiger partial charge in [0.05, 0.1) is 31.6 Å². The molecule has 0 aliphatic heterocycles. The van der Waals surface area contributed by atoms with Gasteiger partial charge < -0.3 is 9.22 Å². The van der Waals surface area contributed by atoms with E-state index in [0.29, 0.717) is 11.0 Å². The molecule has 0 radical (unpaired) electrons. The molecule has 0 spiro atoms. The average molecular weight is 283 g/mol. The summed E-state index contributed by atoms with van der Waals surface area (Å²) in [6.45, 7) is 0.399. The Hall–Kier alpha value is -1.86. The van der Waals surface area contributed by atoms with Gasteiger partial charge in [-0.2, -0.15) is 0 Å². The van der Waals surface area contributed by atoms with Gasteiger partial charge in [-0.15, -0.1) is 0 Å². The minimum atomic E-state index is -0.679. The number of thiocarbonyl (C=S) groups is 1. The van der Waals surface area contributed by atoms with Crippen LogP contribution in [0.5, 0.6) is 0 Å². The lowest BCUT2D eigenvalue weighted by Gasteiger charge is -2.23. The van der Waals surface area contributed by atoms with Crippen molar-refractivity contribution in [2.45, 2.75) is 0 Å². The number of carbonyl (C=O) groups is 1. The van der Waals surface area contributed by atoms with Crippen LogP contribution in [-0.4, -0.2) is 48.1 Å². The van der Waals surface area contributed by atoms with E-state index in [2.05, 4.69) is 0 Å². The number of hydrogen-bond acceptors (Lipinski definition) is 5. The summed E-state index contributed by atoms with van der Waals surface area (Å²) in [5, 5.41) is 10.8. The number of non-ortho nitro benzene ring substituents is 1. The molecule has 0 N–H and O–H groups in total. The predicted molar refractivity (Wildman–Crippen MR) is 74.0 cm³/mol. The number of ether oxygens (including phenoxy) is 1. The third kappa shape index (κ3) is 5.11. The van der Waals surface area contributed by atoms with Crippen molar-refractivity contribution in [2.24, 2.45) is 0 Å². The lowest BCUT2D eigenvalue weighted by Crippen LogP contribution is -2.40. The molecule has 7 heteroatoms. The Bertz CT molecular complexity index is 523. The van der Waals surface area contributed by atoms with Gasteiger partial charge in [0.1, 0.15) is 6.54 Å². The Balaban J connectivity index is 2.76. The average Bonchev–Trinajstić information content (AvgIpc) is 2.26. The molecule has 0 aliphatic rings. The number of carbonyl (C=O) groups excluding carboxylic acids is 1. The highest BCUT2D eigenvalue weighted by molar-refractivity contribution is 7.80. The van der Waals surface area contributed by atoms with Gasteiger partial charge >= 0.3 is 5.97 Å². The molecular weight excluding hydrogens is 268 g/mol. The minimum absolute atomic E-state index is 0.109. The molecule has 0 fully saturated rings. The molecule has 0 aliphatic carbocycles. The van der Waals surface area contributed by atoms with Crippen LogP contribution in [0.3, 0.4) is 0 Å². The number of likely N-dealkylation sites (N-methyl/N-ethyl adjacent to an activating group) is 1. The van der Waals surface area contributed by atoms with Crippen molar-refractivity contribution in [1.29, 1.82) is 0 Å². The molecule has 0 bridgehead atoms. The molecule has 19 heavy (non-hydrogen) atoms. The van der Waals surface area contributed by atoms with Crippen LogP contribution in [0.2, 0.25) is 0 Å². The van der Waals surface area contributed by atoms with Gasteiger partial charge in [0.2, 0.25) is 5.05 Å². The van der Waals surface area contributed by atoms with Crippen LogP contribution in [-0.2, 0) is 4.74 Å². The number of hydrogen-bond donors (Lipinski definition) is 0. The number of nitro benzene ring substituents is 1. The maximum absolute atomic E-state index is 11.8. The van der Waals surface area contributed by atoms with E-state index in [1.807, 2.05) is 21.1 Å². The summed E-state index contributed by atoms with van der Waals surface area (Å²) < 4.78 is 5.53. The highest BCUT2D eigenvalue weighted by atomic mass is 32.1. The van der Waals surface area contributed by atoms with Crippen LogP contribution in [0, 0.1) is 10.1 Å². The van der Waals surface area contributed by atoms with Crippen LogP contribution < -0.4 is 0 Å². The summed E-state index contributed by atoms with van der Waals surface area (Å²) in [5.74, 6) is -0.679. The van der Waals surface area contributed by atoms with Crippen molar-refractivity contribution in [1.82, 2.24) is 0 Å². The second-order valence-electron chi connectivity index (χ2n) is 5.02. The van der Waals surface area contributed by atoms with Crippen molar-refractivity contribution in [3.05, 3.63) is 39.9 Å². The number of esters is 1. The second-order valence-corrected chi connectivity index (χ2v) is 5.47. The van der Waals surface area contributed by atoms with Crippen molar-refractivity contribution in [3.63, 3.8) is 0 Å². The van der Waals surface area contributed by atoms with E-state index in [-0.39, 0.29) is 16.3 Å². The lowest BCUT2D eigenvalue weighted by molar-refractivity contribution is -0.861. The second kappa shape index (κ2) is 5.85. The van der Waals surface area contributed by atoms with Crippen LogP contribution in [0.1, 0.15) is 10.4 Å². The Morgan fingerprint density at radius 1 is 1.42 bits per heavy atom. The molecule has 1 aromatic carbocycles. The van der Waals surface area contributed by atoms with E-state index in [1.165, 1.54) is 18.2 Å². The van der Waals surface area contributed by atoms with E-state index in [1.54, 1.807) is 0 Å². The maximum Gasteiger partial charge on any atom is 0.344 e. The summed E-state index contributed by atoms with van der Waals surface area (Å²) in [6.07, 6.45) is 0. The molecule has 1 rings (SSSR count). The smallest absolute Gasteiger partial charge is 0.344 e. The largest absolute Gasteiger partial charge is 0.409 e. The zero-order valence-corrected chi connectivity index (χ0v) is 11.8. The van der Waals surface area contributed by atoms with Gasteiger partial charge in [-0.3, -0.25) is 10.1 Å². The molecule has 102 valence electrons. The van der Waals surface area contributed by atoms with Gasteiger partial charge in [-0.1, -0.05) is 6.07 Å². The number of nitrogens with zero attached hydrogens (tertiary/aromatic N) is 2.